The number of hydrogen-bond acceptors (Lipinski definition) is 6. The van der Waals surface area contributed by atoms with Gasteiger partial charge in [0.2, 0.25) is 0 Å². The van der Waals surface area contributed by atoms with Crippen molar-refractivity contribution in [3.05, 3.63) is 0 Å². The minimum absolute atomic E-state index is 0.117. The number of aliphatic hydroxyl groups is 1. The van der Waals surface area contributed by atoms with E-state index in [9.17, 15) is 14.7 Å². The molecule has 6 nitrogen and oxygen atoms in total. The van der Waals surface area contributed by atoms with E-state index in [0.717, 1.165) is 38.5 Å². The highest BCUT2D eigenvalue weighted by molar-refractivity contribution is 5.69. The fraction of sp³-hybridized carbons (Fsp3) is 0.926. The van der Waals surface area contributed by atoms with Gasteiger partial charge in [0.05, 0.1) is 13.2 Å². The van der Waals surface area contributed by atoms with Crippen LogP contribution in [0.1, 0.15) is 91.9 Å². The Hall–Kier alpha value is -1.14. The van der Waals surface area contributed by atoms with Crippen molar-refractivity contribution in [2.24, 2.45) is 46.2 Å². The first kappa shape index (κ1) is 26.5. The van der Waals surface area contributed by atoms with Crippen LogP contribution in [0.5, 0.6) is 0 Å². The largest absolute Gasteiger partial charge is 0.469 e. The van der Waals surface area contributed by atoms with Crippen LogP contribution < -0.4 is 5.73 Å². The molecule has 0 aromatic heterocycles. The van der Waals surface area contributed by atoms with Crippen molar-refractivity contribution in [3.8, 4) is 0 Å². The van der Waals surface area contributed by atoms with Crippen molar-refractivity contribution in [1.29, 1.82) is 0 Å². The van der Waals surface area contributed by atoms with Gasteiger partial charge in [-0.15, -0.1) is 0 Å². The summed E-state index contributed by atoms with van der Waals surface area (Å²) >= 11 is 0. The summed E-state index contributed by atoms with van der Waals surface area (Å²) in [5.41, 5.74) is 6.25. The molecule has 3 aliphatic carbocycles. The lowest BCUT2D eigenvalue weighted by Gasteiger charge is -2.58. The molecule has 0 amide bonds. The number of nitrogens with two attached hydrogens (primary N) is 1. The molecule has 0 aromatic rings. The van der Waals surface area contributed by atoms with E-state index in [1.54, 1.807) is 0 Å². The van der Waals surface area contributed by atoms with Crippen LogP contribution in [0.25, 0.3) is 0 Å². The molecule has 0 aliphatic heterocycles. The van der Waals surface area contributed by atoms with Gasteiger partial charge in [0.15, 0.2) is 0 Å². The Kier molecular flexibility index (Phi) is 8.53. The van der Waals surface area contributed by atoms with Crippen molar-refractivity contribution in [2.75, 3.05) is 13.7 Å². The Morgan fingerprint density at radius 2 is 1.82 bits per heavy atom. The molecule has 3 rings (SSSR count). The van der Waals surface area contributed by atoms with Crippen LogP contribution >= 0.6 is 0 Å². The molecular formula is C27H47NO5. The van der Waals surface area contributed by atoms with Gasteiger partial charge in [-0.2, -0.15) is 0 Å². The Labute approximate surface area is 200 Å². The molecule has 1 unspecified atom stereocenters. The maximum atomic E-state index is 11.7. The van der Waals surface area contributed by atoms with Crippen LogP contribution in [0, 0.1) is 40.4 Å². The van der Waals surface area contributed by atoms with Crippen molar-refractivity contribution in [1.82, 2.24) is 0 Å². The van der Waals surface area contributed by atoms with E-state index in [1.165, 1.54) is 33.3 Å². The van der Waals surface area contributed by atoms with Gasteiger partial charge >= 0.3 is 11.9 Å². The molecule has 0 radical (unpaired) electrons. The minimum Gasteiger partial charge on any atom is -0.469 e. The number of carbonyl (C=O) groups excluding carboxylic acids is 2. The summed E-state index contributed by atoms with van der Waals surface area (Å²) in [6.45, 7) is 8.97. The van der Waals surface area contributed by atoms with Gasteiger partial charge in [0.1, 0.15) is 6.10 Å². The second kappa shape index (κ2) is 10.6. The van der Waals surface area contributed by atoms with E-state index in [2.05, 4.69) is 20.8 Å². The van der Waals surface area contributed by atoms with E-state index >= 15 is 0 Å². The topological polar surface area (TPSA) is 98.8 Å². The van der Waals surface area contributed by atoms with Crippen molar-refractivity contribution in [2.45, 2.75) is 104 Å². The van der Waals surface area contributed by atoms with Crippen LogP contribution in [-0.4, -0.2) is 42.9 Å². The first-order valence-corrected chi connectivity index (χ1v) is 13.2. The van der Waals surface area contributed by atoms with Gasteiger partial charge < -0.3 is 20.3 Å². The molecule has 33 heavy (non-hydrogen) atoms. The fourth-order valence-electron chi connectivity index (χ4n) is 8.28. The summed E-state index contributed by atoms with van der Waals surface area (Å²) in [6.07, 6.45) is 9.29. The average Bonchev–Trinajstić information content (AvgIpc) is 3.14. The van der Waals surface area contributed by atoms with Gasteiger partial charge in [-0.3, -0.25) is 9.59 Å². The van der Waals surface area contributed by atoms with Gasteiger partial charge in [-0.05, 0) is 98.2 Å². The molecular weight excluding hydrogens is 418 g/mol. The number of aliphatic hydroxyl groups excluding tert-OH is 1. The highest BCUT2D eigenvalue weighted by Gasteiger charge is 2.60. The number of methoxy groups -OCH3 is 1. The Morgan fingerprint density at radius 3 is 2.45 bits per heavy atom. The van der Waals surface area contributed by atoms with Crippen LogP contribution in [0.4, 0.5) is 0 Å². The summed E-state index contributed by atoms with van der Waals surface area (Å²) in [7, 11) is 1.46. The lowest BCUT2D eigenvalue weighted by atomic mass is 9.47. The Morgan fingerprint density at radius 1 is 1.09 bits per heavy atom. The zero-order chi connectivity index (χ0) is 24.4. The lowest BCUT2D eigenvalue weighted by molar-refractivity contribution is -0.149. The van der Waals surface area contributed by atoms with Gasteiger partial charge in [-0.1, -0.05) is 20.8 Å². The quantitative estimate of drug-likeness (QED) is 0.488. The lowest BCUT2D eigenvalue weighted by Crippen LogP contribution is -2.54. The second-order valence-electron chi connectivity index (χ2n) is 11.9. The third-order valence-electron chi connectivity index (χ3n) is 10.1. The molecule has 3 N–H and O–H groups in total. The highest BCUT2D eigenvalue weighted by atomic mass is 16.5. The van der Waals surface area contributed by atoms with E-state index in [-0.39, 0.29) is 35.0 Å². The molecule has 0 heterocycles. The highest BCUT2D eigenvalue weighted by Crippen LogP contribution is 2.66. The minimum atomic E-state index is -0.265. The summed E-state index contributed by atoms with van der Waals surface area (Å²) in [4.78, 5) is 23.1. The molecule has 0 spiro atoms. The second-order valence-corrected chi connectivity index (χ2v) is 11.9. The molecule has 0 saturated heterocycles. The van der Waals surface area contributed by atoms with Crippen LogP contribution in [0.3, 0.4) is 0 Å². The monoisotopic (exact) mass is 465 g/mol. The smallest absolute Gasteiger partial charge is 0.305 e. The number of carbonyl (C=O) groups is 2. The Bertz CT molecular complexity index is 698. The molecule has 9 atom stereocenters. The van der Waals surface area contributed by atoms with E-state index in [0.29, 0.717) is 42.6 Å². The van der Waals surface area contributed by atoms with Crippen molar-refractivity contribution < 1.29 is 24.2 Å². The SMILES string of the molecule is COC(=O)CC[C@@H](C)C1CC[C@H]2[C@@H]3[C@H](O)CC[C@](C)(CC[C@H](CN)OC(C)=O)[C@H]3CC[C@]12C. The van der Waals surface area contributed by atoms with Gasteiger partial charge in [0.25, 0.3) is 0 Å². The molecule has 3 saturated carbocycles. The molecule has 3 fully saturated rings. The number of rotatable bonds is 9. The predicted octanol–water partition coefficient (Wildman–Crippen LogP) is 4.47. The zero-order valence-corrected chi connectivity index (χ0v) is 21.5. The van der Waals surface area contributed by atoms with Crippen molar-refractivity contribution >= 4 is 11.9 Å². The van der Waals surface area contributed by atoms with E-state index in [4.69, 9.17) is 15.2 Å². The molecule has 6 heteroatoms. The van der Waals surface area contributed by atoms with Crippen LogP contribution in [0.15, 0.2) is 0 Å². The normalized spacial score (nSPS) is 39.8. The first-order valence-electron chi connectivity index (χ1n) is 13.2. The first-order chi connectivity index (χ1) is 15.6. The Balaban J connectivity index is 1.72. The molecule has 190 valence electrons. The predicted molar refractivity (Wildman–Crippen MR) is 128 cm³/mol. The number of ether oxygens (including phenoxy) is 2. The summed E-state index contributed by atoms with van der Waals surface area (Å²) < 4.78 is 10.3. The standard InChI is InChI=1S/C27H47NO5/c1-17(6-9-24(31)32-5)20-7-8-22-25-21(11-15-27(20,22)4)26(3,14-12-23(25)30)13-10-19(16-28)33-18(2)29/h17,19-23,25,30H,6-16,28H2,1-5H3/t17-,19-,20?,21+,22+,23-,25-,26+,27-/m1/s1. The maximum Gasteiger partial charge on any atom is 0.305 e. The summed E-state index contributed by atoms with van der Waals surface area (Å²) in [5, 5.41) is 11.2. The number of hydrogen-bond donors (Lipinski definition) is 2. The van der Waals surface area contributed by atoms with Crippen molar-refractivity contribution in [3.63, 3.8) is 0 Å². The maximum absolute atomic E-state index is 11.7. The zero-order valence-electron chi connectivity index (χ0n) is 21.5. The van der Waals surface area contributed by atoms with Crippen LogP contribution in [0.2, 0.25) is 0 Å². The molecule has 0 bridgehead atoms. The van der Waals surface area contributed by atoms with Gasteiger partial charge in [0, 0.05) is 19.9 Å². The fourth-order valence-corrected chi connectivity index (χ4v) is 8.28. The molecule has 3 aliphatic rings. The van der Waals surface area contributed by atoms with E-state index in [1.807, 2.05) is 0 Å². The van der Waals surface area contributed by atoms with Gasteiger partial charge in [-0.25, -0.2) is 0 Å². The third-order valence-corrected chi connectivity index (χ3v) is 10.1. The van der Waals surface area contributed by atoms with E-state index < -0.39 is 0 Å². The van der Waals surface area contributed by atoms with Crippen LogP contribution in [-0.2, 0) is 19.1 Å². The third kappa shape index (κ3) is 5.42. The summed E-state index contributed by atoms with van der Waals surface area (Å²) in [5.74, 6) is 2.07. The number of esters is 2. The average molecular weight is 466 g/mol. The number of fused-ring (bicyclic) bond motifs is 3. The molecule has 0 aromatic carbocycles. The summed E-state index contributed by atoms with van der Waals surface area (Å²) in [6, 6.07) is 0.